The number of hydrogen-bond donors (Lipinski definition) is 0. The van der Waals surface area contributed by atoms with Crippen LogP contribution >= 0.6 is 17.2 Å². The van der Waals surface area contributed by atoms with Crippen molar-refractivity contribution in [3.05, 3.63) is 46.5 Å². The third kappa shape index (κ3) is 14.4. The Morgan fingerprint density at radius 2 is 0.725 bits per heavy atom. The predicted octanol–water partition coefficient (Wildman–Crippen LogP) is -7.54. The molecule has 0 bridgehead atoms. The van der Waals surface area contributed by atoms with E-state index in [0.717, 1.165) is 33.4 Å². The molecule has 0 heterocycles. The number of rotatable bonds is 13. The van der Waals surface area contributed by atoms with Gasteiger partial charge in [-0.1, -0.05) is 55.4 Å². The zero-order valence-electron chi connectivity index (χ0n) is 26.2. The fourth-order valence-corrected chi connectivity index (χ4v) is 4.27. The zero-order chi connectivity index (χ0) is 27.2. The summed E-state index contributed by atoms with van der Waals surface area (Å²) in [5.74, 6) is 1.72. The summed E-state index contributed by atoms with van der Waals surface area (Å²) in [4.78, 5) is 43.4. The Labute approximate surface area is 330 Å². The van der Waals surface area contributed by atoms with Crippen molar-refractivity contribution in [2.24, 2.45) is 0 Å². The Hall–Kier alpha value is 2.66. The maximum atomic E-state index is 10.9. The SMILES string of the molecule is CC(C)c1cc(-c2cc(C(C)C)c(OCOP([O-])[O-])c(C(C)C)c2)cc(C(C)C)c1OCOP([O-])[O-].[Na+].[Na+].[Na+].[Na+]. The quantitative estimate of drug-likeness (QED) is 0.121. The second-order valence-electron chi connectivity index (χ2n) is 9.82. The van der Waals surface area contributed by atoms with Gasteiger partial charge in [0.2, 0.25) is 0 Å². The van der Waals surface area contributed by atoms with Crippen LogP contribution in [-0.2, 0) is 9.05 Å². The van der Waals surface area contributed by atoms with Gasteiger partial charge in [-0.3, -0.25) is 0 Å². The van der Waals surface area contributed by atoms with E-state index in [1.807, 2.05) is 0 Å². The number of hydrogen-bond acceptors (Lipinski definition) is 8. The molecule has 202 valence electrons. The van der Waals surface area contributed by atoms with Crippen LogP contribution in [0.5, 0.6) is 11.5 Å². The summed E-state index contributed by atoms with van der Waals surface area (Å²) in [6.07, 6.45) is 0. The first-order valence-electron chi connectivity index (χ1n) is 12.0. The topological polar surface area (TPSA) is 129 Å². The Morgan fingerprint density at radius 3 is 0.900 bits per heavy atom. The van der Waals surface area contributed by atoms with Crippen LogP contribution in [-0.4, -0.2) is 13.6 Å². The smallest absolute Gasteiger partial charge is 0.820 e. The molecule has 0 aliphatic heterocycles. The zero-order valence-corrected chi connectivity index (χ0v) is 36.0. The molecule has 0 aliphatic rings. The van der Waals surface area contributed by atoms with Crippen molar-refractivity contribution in [2.75, 3.05) is 13.6 Å². The molecule has 0 spiro atoms. The van der Waals surface area contributed by atoms with Crippen LogP contribution in [0.4, 0.5) is 0 Å². The summed E-state index contributed by atoms with van der Waals surface area (Å²) >= 11 is 0. The van der Waals surface area contributed by atoms with Crippen LogP contribution in [0.1, 0.15) is 101 Å². The van der Waals surface area contributed by atoms with E-state index in [-0.39, 0.29) is 155 Å². The summed E-state index contributed by atoms with van der Waals surface area (Å²) in [5.41, 5.74) is 5.80. The van der Waals surface area contributed by atoms with E-state index < -0.39 is 17.2 Å². The van der Waals surface area contributed by atoms with E-state index in [1.54, 1.807) is 0 Å². The summed E-state index contributed by atoms with van der Waals surface area (Å²) in [7, 11) is -6.00. The Bertz CT molecular complexity index is 871. The second-order valence-corrected chi connectivity index (χ2v) is 11.2. The van der Waals surface area contributed by atoms with Crippen LogP contribution in [0, 0.1) is 0 Å². The van der Waals surface area contributed by atoms with Crippen LogP contribution in [0.25, 0.3) is 11.1 Å². The molecule has 14 heteroatoms. The van der Waals surface area contributed by atoms with Gasteiger partial charge in [0, 0.05) is 0 Å². The summed E-state index contributed by atoms with van der Waals surface area (Å²) < 4.78 is 20.9. The van der Waals surface area contributed by atoms with Crippen molar-refractivity contribution in [3.63, 3.8) is 0 Å². The van der Waals surface area contributed by atoms with Crippen molar-refractivity contribution in [1.29, 1.82) is 0 Å². The fourth-order valence-electron chi connectivity index (χ4n) is 3.99. The molecule has 0 unspecified atom stereocenters. The Morgan fingerprint density at radius 1 is 0.500 bits per heavy atom. The van der Waals surface area contributed by atoms with E-state index in [4.69, 9.17) is 9.47 Å². The molecule has 0 N–H and O–H groups in total. The largest absolute Gasteiger partial charge is 1.00 e. The van der Waals surface area contributed by atoms with Gasteiger partial charge in [0.1, 0.15) is 11.5 Å². The van der Waals surface area contributed by atoms with Crippen molar-refractivity contribution in [2.45, 2.75) is 79.1 Å². The molecule has 2 aromatic carbocycles. The van der Waals surface area contributed by atoms with E-state index in [9.17, 15) is 19.6 Å². The van der Waals surface area contributed by atoms with Crippen LogP contribution in [0.2, 0.25) is 0 Å². The van der Waals surface area contributed by atoms with Crippen molar-refractivity contribution < 1.29 is 156 Å². The standard InChI is InChI=1S/C26H36O8P2.4Na/c1-15(2)21-9-19(10-22(16(3)4)25(21)31-13-33-35(27)28)20-11-23(17(5)6)26(24(12-20)18(7)8)32-14-34-36(29)30;;;;/h9-12,15-18H,13-14H2,1-8H3;;;;/q-4;4*+1. The molecule has 0 fully saturated rings. The molecule has 0 aliphatic carbocycles. The predicted molar refractivity (Wildman–Crippen MR) is 135 cm³/mol. The van der Waals surface area contributed by atoms with Crippen LogP contribution < -0.4 is 147 Å². The van der Waals surface area contributed by atoms with Crippen LogP contribution in [0.3, 0.4) is 0 Å². The van der Waals surface area contributed by atoms with Gasteiger partial charge < -0.3 is 38.1 Å². The van der Waals surface area contributed by atoms with Gasteiger partial charge in [-0.25, -0.2) is 0 Å². The summed E-state index contributed by atoms with van der Waals surface area (Å²) in [6.45, 7) is 15.7. The molecule has 2 rings (SSSR count). The molecule has 2 aromatic rings. The van der Waals surface area contributed by atoms with Gasteiger partial charge in [-0.15, -0.1) is 0 Å². The summed E-state index contributed by atoms with van der Waals surface area (Å²) in [6, 6.07) is 8.27. The average molecular weight is 630 g/mol. The van der Waals surface area contributed by atoms with Gasteiger partial charge in [-0.05, 0) is 81.3 Å². The molecule has 0 saturated carbocycles. The molecule has 8 nitrogen and oxygen atoms in total. The van der Waals surface area contributed by atoms with Gasteiger partial charge in [0.05, 0.1) is 0 Å². The van der Waals surface area contributed by atoms with E-state index in [1.165, 1.54) is 0 Å². The molecule has 0 amide bonds. The molecule has 0 aromatic heterocycles. The molecular formula is C26H36Na4O8P2. The van der Waals surface area contributed by atoms with E-state index >= 15 is 0 Å². The Kier molecular flexibility index (Phi) is 27.1. The van der Waals surface area contributed by atoms with Gasteiger partial charge in [-0.2, -0.15) is 17.2 Å². The summed E-state index contributed by atoms with van der Waals surface area (Å²) in [5, 5.41) is 0. The molecule has 0 radical (unpaired) electrons. The van der Waals surface area contributed by atoms with Crippen molar-refractivity contribution in [1.82, 2.24) is 0 Å². The maximum Gasteiger partial charge on any atom is 1.00 e. The van der Waals surface area contributed by atoms with Crippen molar-refractivity contribution >= 4 is 17.2 Å². The first-order valence-corrected chi connectivity index (χ1v) is 14.2. The fraction of sp³-hybridized carbons (Fsp3) is 0.538. The monoisotopic (exact) mass is 630 g/mol. The average Bonchev–Trinajstić information content (AvgIpc) is 2.77. The first-order chi connectivity index (χ1) is 16.8. The molecule has 0 atom stereocenters. The normalized spacial score (nSPS) is 10.9. The third-order valence-electron chi connectivity index (χ3n) is 5.84. The van der Waals surface area contributed by atoms with Gasteiger partial charge in [0.15, 0.2) is 13.6 Å². The minimum absolute atomic E-state index is 0. The minimum atomic E-state index is -3.00. The molecule has 40 heavy (non-hydrogen) atoms. The van der Waals surface area contributed by atoms with Gasteiger partial charge in [0.25, 0.3) is 0 Å². The first kappa shape index (κ1) is 47.1. The molecule has 0 saturated heterocycles. The van der Waals surface area contributed by atoms with Crippen LogP contribution in [0.15, 0.2) is 24.3 Å². The Balaban J connectivity index is -0.00000342. The minimum Gasteiger partial charge on any atom is -0.820 e. The van der Waals surface area contributed by atoms with Gasteiger partial charge >= 0.3 is 118 Å². The van der Waals surface area contributed by atoms with Crippen molar-refractivity contribution in [3.8, 4) is 22.6 Å². The van der Waals surface area contributed by atoms with E-state index in [2.05, 4.69) is 88.7 Å². The number of benzene rings is 2. The number of ether oxygens (including phenoxy) is 2. The van der Waals surface area contributed by atoms with E-state index in [0.29, 0.717) is 11.5 Å². The second kappa shape index (κ2) is 23.1. The molecular weight excluding hydrogens is 594 g/mol. The maximum absolute atomic E-state index is 10.9. The third-order valence-corrected chi connectivity index (χ3v) is 6.47.